The number of benzene rings is 1. The fourth-order valence-electron chi connectivity index (χ4n) is 5.67. The van der Waals surface area contributed by atoms with Crippen LogP contribution in [0.1, 0.15) is 41.5 Å². The number of fused-ring (bicyclic) bond motifs is 2. The van der Waals surface area contributed by atoms with Crippen LogP contribution in [0.4, 0.5) is 5.69 Å². The number of hydrogen-bond donors (Lipinski definition) is 1. The van der Waals surface area contributed by atoms with Gasteiger partial charge in [-0.1, -0.05) is 0 Å². The first-order valence-electron chi connectivity index (χ1n) is 10.2. The average Bonchev–Trinajstić information content (AvgIpc) is 2.91. The Labute approximate surface area is 226 Å². The molecule has 0 unspecified atom stereocenters. The Kier molecular flexibility index (Phi) is 6.34. The molecule has 32 heavy (non-hydrogen) atoms. The number of aromatic hydroxyl groups is 1. The van der Waals surface area contributed by atoms with Crippen LogP contribution in [-0.2, 0) is 4.79 Å². The number of nitrogens with zero attached hydrogens (tertiary/aromatic N) is 1. The fourth-order valence-corrected chi connectivity index (χ4v) is 19.2. The van der Waals surface area contributed by atoms with Crippen LogP contribution in [-0.4, -0.2) is 39.2 Å². The van der Waals surface area contributed by atoms with E-state index < -0.39 is 8.07 Å². The molecule has 3 nitrogen and oxygen atoms in total. The van der Waals surface area contributed by atoms with Crippen LogP contribution in [0.25, 0.3) is 10.0 Å². The molecule has 8 heteroatoms. The first-order valence-corrected chi connectivity index (χ1v) is 16.6. The molecule has 2 aromatic rings. The Hall–Kier alpha value is -0.254. The van der Waals surface area contributed by atoms with Gasteiger partial charge in [0.05, 0.1) is 0 Å². The number of phenols is 1. The molecule has 1 aromatic heterocycles. The minimum atomic E-state index is -2.71. The summed E-state index contributed by atoms with van der Waals surface area (Å²) >= 11 is 9.84. The SMILES string of the molecule is CC(C)(C)[Si]1(C(C)(C)C)C2=CC(=O)C=CC2=Nc2ccc(O)c(-c3[se]c(Br)c(Br)c3I)c21. The van der Waals surface area contributed by atoms with Crippen molar-refractivity contribution in [3.63, 3.8) is 0 Å². The van der Waals surface area contributed by atoms with E-state index in [1.54, 1.807) is 12.1 Å². The van der Waals surface area contributed by atoms with Gasteiger partial charge < -0.3 is 0 Å². The van der Waals surface area contributed by atoms with Crippen molar-refractivity contribution in [2.45, 2.75) is 51.6 Å². The van der Waals surface area contributed by atoms with Gasteiger partial charge in [0.25, 0.3) is 0 Å². The van der Waals surface area contributed by atoms with Crippen LogP contribution < -0.4 is 5.19 Å². The van der Waals surface area contributed by atoms with E-state index in [-0.39, 0.29) is 30.4 Å². The molecule has 0 radical (unpaired) electrons. The second-order valence-corrected chi connectivity index (χ2v) is 21.8. The number of hydrogen-bond acceptors (Lipinski definition) is 3. The standard InChI is InChI=1S/C24H24Br2INO2SeSi/c1-23(2,3)32(24(4,5)6)16-11-12(29)7-8-13(16)28-14-9-10-15(30)17(21(14)32)20-19(27)18(25)22(26)31-20/h7-11,30H,1-6H3. The molecule has 0 atom stereocenters. The van der Waals surface area contributed by atoms with Gasteiger partial charge in [-0.2, -0.15) is 0 Å². The number of ketones is 1. The summed E-state index contributed by atoms with van der Waals surface area (Å²) in [5.74, 6) is 0.306. The van der Waals surface area contributed by atoms with Gasteiger partial charge in [-0.25, -0.2) is 0 Å². The normalized spacial score (nSPS) is 17.6. The molecule has 0 fully saturated rings. The number of phenolic OH excluding ortho intramolecular Hbond substituents is 1. The summed E-state index contributed by atoms with van der Waals surface area (Å²) in [6.45, 7) is 13.7. The van der Waals surface area contributed by atoms with Gasteiger partial charge in [0.2, 0.25) is 0 Å². The molecule has 4 rings (SSSR count). The van der Waals surface area contributed by atoms with E-state index in [0.29, 0.717) is 5.75 Å². The zero-order valence-electron chi connectivity index (χ0n) is 18.7. The average molecular weight is 752 g/mol. The second-order valence-electron chi connectivity index (χ2n) is 10.2. The first-order chi connectivity index (χ1) is 14.7. The van der Waals surface area contributed by atoms with Crippen LogP contribution in [0.5, 0.6) is 5.75 Å². The molecule has 2 aliphatic rings. The molecule has 0 saturated carbocycles. The summed E-state index contributed by atoms with van der Waals surface area (Å²) < 4.78 is 4.47. The molecular weight excluding hydrogens is 728 g/mol. The second kappa shape index (κ2) is 8.16. The Bertz CT molecular complexity index is 1250. The third-order valence-electron chi connectivity index (χ3n) is 6.38. The number of aliphatic imine (C=N–C) groups is 1. The molecular formula is C24H24Br2INO2SeSi. The van der Waals surface area contributed by atoms with Crippen LogP contribution >= 0.6 is 54.5 Å². The van der Waals surface area contributed by atoms with Gasteiger partial charge in [0.1, 0.15) is 0 Å². The Morgan fingerprint density at radius 3 is 2.22 bits per heavy atom. The van der Waals surface area contributed by atoms with E-state index in [4.69, 9.17) is 4.99 Å². The number of halogens is 3. The van der Waals surface area contributed by atoms with E-state index in [0.717, 1.165) is 43.2 Å². The first kappa shape index (κ1) is 24.9. The van der Waals surface area contributed by atoms with E-state index in [1.807, 2.05) is 18.2 Å². The van der Waals surface area contributed by atoms with Crippen molar-refractivity contribution in [1.29, 1.82) is 0 Å². The number of rotatable bonds is 1. The van der Waals surface area contributed by atoms with Crippen molar-refractivity contribution in [2.75, 3.05) is 0 Å². The van der Waals surface area contributed by atoms with Crippen LogP contribution in [0, 0.1) is 3.57 Å². The predicted molar refractivity (Wildman–Crippen MR) is 153 cm³/mol. The third-order valence-corrected chi connectivity index (χ3v) is 21.2. The van der Waals surface area contributed by atoms with Crippen molar-refractivity contribution >= 4 is 99.4 Å². The molecule has 1 aromatic carbocycles. The zero-order valence-corrected chi connectivity index (χ0v) is 26.8. The van der Waals surface area contributed by atoms with Crippen molar-refractivity contribution in [3.05, 3.63) is 46.9 Å². The summed E-state index contributed by atoms with van der Waals surface area (Å²) in [6, 6.07) is 3.73. The van der Waals surface area contributed by atoms with E-state index in [1.165, 1.54) is 0 Å². The number of carbonyl (C=O) groups is 1. The van der Waals surface area contributed by atoms with Crippen molar-refractivity contribution < 1.29 is 9.90 Å². The van der Waals surface area contributed by atoms with Crippen LogP contribution in [0.2, 0.25) is 10.1 Å². The van der Waals surface area contributed by atoms with E-state index in [9.17, 15) is 9.90 Å². The number of carbonyl (C=O) groups excluding carboxylic acids is 1. The predicted octanol–water partition coefficient (Wildman–Crippen LogP) is 7.19. The van der Waals surface area contributed by atoms with Gasteiger partial charge in [0, 0.05) is 0 Å². The van der Waals surface area contributed by atoms with Crippen molar-refractivity contribution in [2.24, 2.45) is 4.99 Å². The third kappa shape index (κ3) is 3.50. The summed E-state index contributed by atoms with van der Waals surface area (Å²) in [5.41, 5.74) is 2.74. The zero-order chi connectivity index (χ0) is 23.8. The molecule has 2 heterocycles. The quantitative estimate of drug-likeness (QED) is 0.191. The molecule has 0 saturated heterocycles. The molecule has 0 spiro atoms. The molecule has 1 aliphatic carbocycles. The molecule has 1 N–H and O–H groups in total. The van der Waals surface area contributed by atoms with Gasteiger partial charge in [-0.05, 0) is 0 Å². The van der Waals surface area contributed by atoms with Crippen LogP contribution in [0.15, 0.2) is 48.4 Å². The Balaban J connectivity index is 2.28. The summed E-state index contributed by atoms with van der Waals surface area (Å²) in [5, 5.41) is 13.3. The van der Waals surface area contributed by atoms with Crippen molar-refractivity contribution in [1.82, 2.24) is 0 Å². The van der Waals surface area contributed by atoms with Gasteiger partial charge in [-0.3, -0.25) is 0 Å². The van der Waals surface area contributed by atoms with Gasteiger partial charge >= 0.3 is 229 Å². The van der Waals surface area contributed by atoms with Crippen LogP contribution in [0.3, 0.4) is 0 Å². The maximum absolute atomic E-state index is 12.6. The summed E-state index contributed by atoms with van der Waals surface area (Å²) in [4.78, 5) is 17.7. The molecule has 168 valence electrons. The molecule has 0 bridgehead atoms. The van der Waals surface area contributed by atoms with Gasteiger partial charge in [-0.15, -0.1) is 0 Å². The summed E-state index contributed by atoms with van der Waals surface area (Å²) in [6.07, 6.45) is 5.31. The topological polar surface area (TPSA) is 49.7 Å². The monoisotopic (exact) mass is 751 g/mol. The molecule has 1 aliphatic heterocycles. The van der Waals surface area contributed by atoms with E-state index in [2.05, 4.69) is 96.0 Å². The van der Waals surface area contributed by atoms with Gasteiger partial charge in [0.15, 0.2) is 0 Å². The summed E-state index contributed by atoms with van der Waals surface area (Å²) in [7, 11) is -2.71. The fraction of sp³-hybridized carbons (Fsp3) is 0.333. The van der Waals surface area contributed by atoms with E-state index >= 15 is 0 Å². The minimum absolute atomic E-state index is 0.0144. The Morgan fingerprint density at radius 1 is 1.06 bits per heavy atom. The molecule has 0 amide bonds. The Morgan fingerprint density at radius 2 is 1.69 bits per heavy atom. The van der Waals surface area contributed by atoms with Crippen molar-refractivity contribution in [3.8, 4) is 15.8 Å². The number of allylic oxidation sites excluding steroid dienone is 4. The maximum atomic E-state index is 12.6.